The van der Waals surface area contributed by atoms with Crippen LogP contribution in [0.15, 0.2) is 53.1 Å². The summed E-state index contributed by atoms with van der Waals surface area (Å²) in [4.78, 5) is 3.99. The van der Waals surface area contributed by atoms with E-state index in [1.807, 2.05) is 25.1 Å². The van der Waals surface area contributed by atoms with Gasteiger partial charge in [-0.1, -0.05) is 29.4 Å². The molecule has 1 aromatic heterocycles. The van der Waals surface area contributed by atoms with Crippen molar-refractivity contribution >= 4 is 0 Å². The second-order valence-electron chi connectivity index (χ2n) is 5.16. The SMILES string of the molecule is Cc1cccc(OCc2noc(-c3ccccc3C(F)(F)F)n2)c1. The average Bonchev–Trinajstić information content (AvgIpc) is 3.01. The summed E-state index contributed by atoms with van der Waals surface area (Å²) in [5.41, 5.74) is 0.0551. The fourth-order valence-electron chi connectivity index (χ4n) is 2.19. The molecule has 0 spiro atoms. The van der Waals surface area contributed by atoms with E-state index in [4.69, 9.17) is 9.26 Å². The van der Waals surface area contributed by atoms with Crippen LogP contribution in [0.3, 0.4) is 0 Å². The largest absolute Gasteiger partial charge is 0.485 e. The van der Waals surface area contributed by atoms with Gasteiger partial charge in [-0.05, 0) is 36.8 Å². The zero-order valence-electron chi connectivity index (χ0n) is 12.7. The molecule has 0 fully saturated rings. The first kappa shape index (κ1) is 16.0. The summed E-state index contributed by atoms with van der Waals surface area (Å²) in [5.74, 6) is 0.603. The van der Waals surface area contributed by atoms with E-state index < -0.39 is 11.7 Å². The molecule has 0 aliphatic rings. The van der Waals surface area contributed by atoms with E-state index in [0.29, 0.717) is 5.75 Å². The summed E-state index contributed by atoms with van der Waals surface area (Å²) in [6, 6.07) is 12.4. The van der Waals surface area contributed by atoms with Crippen LogP contribution in [0.4, 0.5) is 13.2 Å². The third-order valence-corrected chi connectivity index (χ3v) is 3.29. The smallest absolute Gasteiger partial charge is 0.417 e. The van der Waals surface area contributed by atoms with Crippen molar-refractivity contribution in [2.24, 2.45) is 0 Å². The average molecular weight is 334 g/mol. The van der Waals surface area contributed by atoms with Crippen LogP contribution in [0, 0.1) is 6.92 Å². The first-order chi connectivity index (χ1) is 11.4. The van der Waals surface area contributed by atoms with Crippen molar-refractivity contribution in [1.29, 1.82) is 0 Å². The summed E-state index contributed by atoms with van der Waals surface area (Å²) in [7, 11) is 0. The monoisotopic (exact) mass is 334 g/mol. The number of hydrogen-bond acceptors (Lipinski definition) is 4. The lowest BCUT2D eigenvalue weighted by molar-refractivity contribution is -0.137. The third-order valence-electron chi connectivity index (χ3n) is 3.29. The third kappa shape index (κ3) is 3.56. The summed E-state index contributed by atoms with van der Waals surface area (Å²) >= 11 is 0. The van der Waals surface area contributed by atoms with Crippen molar-refractivity contribution in [2.45, 2.75) is 19.7 Å². The quantitative estimate of drug-likeness (QED) is 0.697. The Bertz CT molecular complexity index is 844. The van der Waals surface area contributed by atoms with Gasteiger partial charge in [-0.3, -0.25) is 0 Å². The number of alkyl halides is 3. The standard InChI is InChI=1S/C17H13F3N2O2/c1-11-5-4-6-12(9-11)23-10-15-21-16(24-22-15)13-7-2-3-8-14(13)17(18,19)20/h2-9H,10H2,1H3. The van der Waals surface area contributed by atoms with Crippen molar-refractivity contribution in [3.8, 4) is 17.2 Å². The van der Waals surface area contributed by atoms with E-state index in [0.717, 1.165) is 11.6 Å². The van der Waals surface area contributed by atoms with Gasteiger partial charge in [-0.15, -0.1) is 0 Å². The van der Waals surface area contributed by atoms with E-state index in [2.05, 4.69) is 10.1 Å². The minimum atomic E-state index is -4.50. The number of nitrogens with zero attached hydrogens (tertiary/aromatic N) is 2. The Balaban J connectivity index is 1.79. The minimum absolute atomic E-state index is 0.00113. The normalized spacial score (nSPS) is 11.5. The van der Waals surface area contributed by atoms with Crippen LogP contribution in [0.2, 0.25) is 0 Å². The number of rotatable bonds is 4. The van der Waals surface area contributed by atoms with Crippen molar-refractivity contribution in [3.05, 3.63) is 65.5 Å². The van der Waals surface area contributed by atoms with Crippen molar-refractivity contribution in [1.82, 2.24) is 10.1 Å². The maximum Gasteiger partial charge on any atom is 0.417 e. The maximum atomic E-state index is 13.0. The molecule has 24 heavy (non-hydrogen) atoms. The summed E-state index contributed by atoms with van der Waals surface area (Å²) < 4.78 is 49.6. The van der Waals surface area contributed by atoms with Crippen molar-refractivity contribution in [3.63, 3.8) is 0 Å². The van der Waals surface area contributed by atoms with Crippen LogP contribution in [-0.2, 0) is 12.8 Å². The van der Waals surface area contributed by atoms with E-state index in [1.54, 1.807) is 6.07 Å². The van der Waals surface area contributed by atoms with Gasteiger partial charge in [0.1, 0.15) is 5.75 Å². The molecule has 0 unspecified atom stereocenters. The van der Waals surface area contributed by atoms with Crippen molar-refractivity contribution in [2.75, 3.05) is 0 Å². The van der Waals surface area contributed by atoms with Crippen LogP contribution in [-0.4, -0.2) is 10.1 Å². The predicted octanol–water partition coefficient (Wildman–Crippen LogP) is 4.64. The van der Waals surface area contributed by atoms with Gasteiger partial charge in [-0.25, -0.2) is 0 Å². The van der Waals surface area contributed by atoms with Gasteiger partial charge < -0.3 is 9.26 Å². The lowest BCUT2D eigenvalue weighted by Crippen LogP contribution is -2.07. The van der Waals surface area contributed by atoms with Gasteiger partial charge in [0, 0.05) is 0 Å². The highest BCUT2D eigenvalue weighted by Gasteiger charge is 2.34. The highest BCUT2D eigenvalue weighted by molar-refractivity contribution is 5.59. The molecule has 0 amide bonds. The molecular weight excluding hydrogens is 321 g/mol. The fourth-order valence-corrected chi connectivity index (χ4v) is 2.19. The maximum absolute atomic E-state index is 13.0. The van der Waals surface area contributed by atoms with Crippen LogP contribution < -0.4 is 4.74 Å². The zero-order chi connectivity index (χ0) is 17.2. The molecule has 2 aromatic carbocycles. The number of benzene rings is 2. The first-order valence-corrected chi connectivity index (χ1v) is 7.12. The Morgan fingerprint density at radius 1 is 1.08 bits per heavy atom. The fraction of sp³-hybridized carbons (Fsp3) is 0.176. The molecule has 0 bridgehead atoms. The Morgan fingerprint density at radius 3 is 2.62 bits per heavy atom. The van der Waals surface area contributed by atoms with Crippen LogP contribution in [0.1, 0.15) is 17.0 Å². The molecule has 1 heterocycles. The predicted molar refractivity (Wildman–Crippen MR) is 80.2 cm³/mol. The number of ether oxygens (including phenoxy) is 1. The number of aromatic nitrogens is 2. The summed E-state index contributed by atoms with van der Waals surface area (Å²) in [6.45, 7) is 1.93. The second kappa shape index (κ2) is 6.35. The Labute approximate surface area is 135 Å². The molecule has 0 atom stereocenters. The summed E-state index contributed by atoms with van der Waals surface area (Å²) in [5, 5.41) is 3.67. The van der Waals surface area contributed by atoms with Crippen molar-refractivity contribution < 1.29 is 22.4 Å². The lowest BCUT2D eigenvalue weighted by Gasteiger charge is -2.09. The Morgan fingerprint density at radius 2 is 1.88 bits per heavy atom. The molecule has 3 rings (SSSR count). The molecule has 0 aliphatic heterocycles. The highest BCUT2D eigenvalue weighted by Crippen LogP contribution is 2.36. The minimum Gasteiger partial charge on any atom is -0.485 e. The van der Waals surface area contributed by atoms with E-state index in [1.165, 1.54) is 18.2 Å². The van der Waals surface area contributed by atoms with Crippen LogP contribution in [0.25, 0.3) is 11.5 Å². The second-order valence-corrected chi connectivity index (χ2v) is 5.16. The molecular formula is C17H13F3N2O2. The number of hydrogen-bond donors (Lipinski definition) is 0. The van der Waals surface area contributed by atoms with E-state index in [9.17, 15) is 13.2 Å². The summed E-state index contributed by atoms with van der Waals surface area (Å²) in [6.07, 6.45) is -4.50. The van der Waals surface area contributed by atoms with Gasteiger partial charge in [0.25, 0.3) is 5.89 Å². The molecule has 0 saturated heterocycles. The van der Waals surface area contributed by atoms with Crippen LogP contribution in [0.5, 0.6) is 5.75 Å². The first-order valence-electron chi connectivity index (χ1n) is 7.12. The highest BCUT2D eigenvalue weighted by atomic mass is 19.4. The van der Waals surface area contributed by atoms with Gasteiger partial charge >= 0.3 is 6.18 Å². The molecule has 7 heteroatoms. The lowest BCUT2D eigenvalue weighted by atomic mass is 10.1. The Hall–Kier alpha value is -2.83. The molecule has 4 nitrogen and oxygen atoms in total. The van der Waals surface area contributed by atoms with E-state index >= 15 is 0 Å². The molecule has 0 saturated carbocycles. The number of halogens is 3. The zero-order valence-corrected chi connectivity index (χ0v) is 12.7. The van der Waals surface area contributed by atoms with Crippen LogP contribution >= 0.6 is 0 Å². The van der Waals surface area contributed by atoms with Gasteiger partial charge in [0.05, 0.1) is 11.1 Å². The topological polar surface area (TPSA) is 48.2 Å². The van der Waals surface area contributed by atoms with Gasteiger partial charge in [0.15, 0.2) is 6.61 Å². The molecule has 0 aliphatic carbocycles. The molecule has 0 N–H and O–H groups in total. The van der Waals surface area contributed by atoms with Gasteiger partial charge in [0.2, 0.25) is 5.82 Å². The number of aryl methyl sites for hydroxylation is 1. The Kier molecular flexibility index (Phi) is 4.24. The van der Waals surface area contributed by atoms with Gasteiger partial charge in [-0.2, -0.15) is 18.2 Å². The molecule has 3 aromatic rings. The molecule has 0 radical (unpaired) electrons. The molecule has 124 valence electrons. The van der Waals surface area contributed by atoms with E-state index in [-0.39, 0.29) is 23.9 Å².